The third kappa shape index (κ3) is 3.66. The van der Waals surface area contributed by atoms with Crippen LogP contribution in [0.15, 0.2) is 0 Å². The summed E-state index contributed by atoms with van der Waals surface area (Å²) >= 11 is 0. The van der Waals surface area contributed by atoms with Crippen molar-refractivity contribution >= 4 is 5.91 Å². The van der Waals surface area contributed by atoms with Gasteiger partial charge in [-0.05, 0) is 18.8 Å². The molecule has 0 unspecified atom stereocenters. The van der Waals surface area contributed by atoms with Crippen LogP contribution in [0, 0.1) is 5.92 Å². The number of aliphatic hydroxyl groups is 1. The topological polar surface area (TPSA) is 61.8 Å². The summed E-state index contributed by atoms with van der Waals surface area (Å²) in [6.07, 6.45) is 1.79. The summed E-state index contributed by atoms with van der Waals surface area (Å²) in [5, 5.41) is 12.7. The highest BCUT2D eigenvalue weighted by molar-refractivity contribution is 5.73. The number of likely N-dealkylation sites (tertiary alicyclic amines) is 1. The van der Waals surface area contributed by atoms with E-state index in [2.05, 4.69) is 10.2 Å². The summed E-state index contributed by atoms with van der Waals surface area (Å²) in [6, 6.07) is -0.104. The first-order valence-electron chi connectivity index (χ1n) is 6.40. The largest absolute Gasteiger partial charge is 0.390 e. The second kappa shape index (κ2) is 5.80. The van der Waals surface area contributed by atoms with Crippen LogP contribution in [0.3, 0.4) is 0 Å². The number of nitrogens with one attached hydrogen (secondary N) is 1. The van der Waals surface area contributed by atoms with Crippen molar-refractivity contribution in [1.82, 2.24) is 10.2 Å². The van der Waals surface area contributed by atoms with Crippen LogP contribution in [0.25, 0.3) is 0 Å². The van der Waals surface area contributed by atoms with E-state index in [1.807, 2.05) is 0 Å². The Morgan fingerprint density at radius 3 is 2.76 bits per heavy atom. The zero-order valence-corrected chi connectivity index (χ0v) is 10.4. The first kappa shape index (κ1) is 12.8. The number of ether oxygens (including phenoxy) is 1. The molecule has 0 radical (unpaired) electrons. The van der Waals surface area contributed by atoms with Gasteiger partial charge in [-0.1, -0.05) is 0 Å². The molecule has 0 spiro atoms. The van der Waals surface area contributed by atoms with Crippen LogP contribution < -0.4 is 5.32 Å². The van der Waals surface area contributed by atoms with Crippen molar-refractivity contribution in [3.63, 3.8) is 0 Å². The van der Waals surface area contributed by atoms with Gasteiger partial charge in [0.05, 0.1) is 12.1 Å². The molecule has 0 aromatic carbocycles. The number of hydrogen-bond donors (Lipinski definition) is 2. The Bertz CT molecular complexity index is 266. The maximum Gasteiger partial charge on any atom is 0.217 e. The summed E-state index contributed by atoms with van der Waals surface area (Å²) in [5.41, 5.74) is 0. The molecule has 0 aromatic heterocycles. The number of nitrogens with zero attached hydrogens (tertiary/aromatic N) is 1. The summed E-state index contributed by atoms with van der Waals surface area (Å²) in [4.78, 5) is 13.2. The van der Waals surface area contributed by atoms with Gasteiger partial charge < -0.3 is 15.2 Å². The van der Waals surface area contributed by atoms with Gasteiger partial charge in [0.2, 0.25) is 5.91 Å². The molecule has 2 heterocycles. The second-order valence-corrected chi connectivity index (χ2v) is 5.15. The highest BCUT2D eigenvalue weighted by atomic mass is 16.5. The lowest BCUT2D eigenvalue weighted by molar-refractivity contribution is -0.120. The fourth-order valence-corrected chi connectivity index (χ4v) is 2.71. The van der Waals surface area contributed by atoms with Crippen LogP contribution in [0.2, 0.25) is 0 Å². The number of hydrogen-bond acceptors (Lipinski definition) is 4. The maximum atomic E-state index is 11.0. The van der Waals surface area contributed by atoms with E-state index in [1.54, 1.807) is 0 Å². The van der Waals surface area contributed by atoms with Crippen molar-refractivity contribution < 1.29 is 14.6 Å². The van der Waals surface area contributed by atoms with Gasteiger partial charge in [-0.2, -0.15) is 0 Å². The molecule has 5 heteroatoms. The Kier molecular flexibility index (Phi) is 4.36. The Labute approximate surface area is 102 Å². The van der Waals surface area contributed by atoms with Gasteiger partial charge in [-0.25, -0.2) is 0 Å². The standard InChI is InChI=1S/C12H22N2O3/c1-9(15)13-11-7-14(8-12(11)16)6-10-2-4-17-5-3-10/h10-12,16H,2-8H2,1H3,(H,13,15)/t11-,12-/m1/s1. The van der Waals surface area contributed by atoms with Crippen molar-refractivity contribution in [1.29, 1.82) is 0 Å². The average molecular weight is 242 g/mol. The van der Waals surface area contributed by atoms with Crippen LogP contribution in [-0.4, -0.2) is 60.9 Å². The zero-order valence-electron chi connectivity index (χ0n) is 10.4. The summed E-state index contributed by atoms with van der Waals surface area (Å²) in [5.74, 6) is 0.606. The molecule has 17 heavy (non-hydrogen) atoms. The van der Waals surface area contributed by atoms with E-state index in [9.17, 15) is 9.90 Å². The monoisotopic (exact) mass is 242 g/mol. The molecule has 2 aliphatic heterocycles. The van der Waals surface area contributed by atoms with E-state index >= 15 is 0 Å². The first-order chi connectivity index (χ1) is 8.15. The van der Waals surface area contributed by atoms with Crippen molar-refractivity contribution in [2.75, 3.05) is 32.8 Å². The molecule has 0 aromatic rings. The third-order valence-electron chi connectivity index (χ3n) is 3.61. The molecular formula is C12H22N2O3. The molecule has 2 N–H and O–H groups in total. The second-order valence-electron chi connectivity index (χ2n) is 5.15. The lowest BCUT2D eigenvalue weighted by Crippen LogP contribution is -2.41. The fourth-order valence-electron chi connectivity index (χ4n) is 2.71. The number of amides is 1. The van der Waals surface area contributed by atoms with Crippen LogP contribution in [-0.2, 0) is 9.53 Å². The van der Waals surface area contributed by atoms with Crippen LogP contribution in [0.1, 0.15) is 19.8 Å². The van der Waals surface area contributed by atoms with Gasteiger partial charge in [-0.3, -0.25) is 9.69 Å². The van der Waals surface area contributed by atoms with Gasteiger partial charge in [-0.15, -0.1) is 0 Å². The van der Waals surface area contributed by atoms with E-state index in [0.29, 0.717) is 12.5 Å². The number of β-amino-alcohol motifs (C(OH)–C–C–N with tert-alkyl or cyclic N) is 1. The fraction of sp³-hybridized carbons (Fsp3) is 0.917. The molecule has 0 bridgehead atoms. The minimum Gasteiger partial charge on any atom is -0.390 e. The summed E-state index contributed by atoms with van der Waals surface area (Å²) < 4.78 is 5.33. The van der Waals surface area contributed by atoms with Crippen molar-refractivity contribution in [2.24, 2.45) is 5.92 Å². The zero-order chi connectivity index (χ0) is 12.3. The van der Waals surface area contributed by atoms with E-state index in [4.69, 9.17) is 4.74 Å². The molecular weight excluding hydrogens is 220 g/mol. The molecule has 1 amide bonds. The number of carbonyl (C=O) groups excluding carboxylic acids is 1. The Hall–Kier alpha value is -0.650. The lowest BCUT2D eigenvalue weighted by atomic mass is 10.00. The van der Waals surface area contributed by atoms with Gasteiger partial charge >= 0.3 is 0 Å². The molecule has 2 atom stereocenters. The normalized spacial score (nSPS) is 31.6. The van der Waals surface area contributed by atoms with Crippen molar-refractivity contribution in [3.8, 4) is 0 Å². The predicted molar refractivity (Wildman–Crippen MR) is 63.6 cm³/mol. The molecule has 98 valence electrons. The minimum absolute atomic E-state index is 0.0676. The Balaban J connectivity index is 1.77. The molecule has 2 rings (SSSR count). The third-order valence-corrected chi connectivity index (χ3v) is 3.61. The summed E-state index contributed by atoms with van der Waals surface area (Å²) in [6.45, 7) is 5.65. The first-order valence-corrected chi connectivity index (χ1v) is 6.40. The molecule has 2 saturated heterocycles. The number of aliphatic hydroxyl groups excluding tert-OH is 1. The van der Waals surface area contributed by atoms with Crippen LogP contribution in [0.4, 0.5) is 0 Å². The SMILES string of the molecule is CC(=O)N[C@@H]1CN(CC2CCOCC2)C[C@H]1O. The smallest absolute Gasteiger partial charge is 0.217 e. The van der Waals surface area contributed by atoms with E-state index in [0.717, 1.165) is 39.1 Å². The van der Waals surface area contributed by atoms with Gasteiger partial charge in [0.1, 0.15) is 0 Å². The Morgan fingerprint density at radius 1 is 1.41 bits per heavy atom. The number of rotatable bonds is 3. The minimum atomic E-state index is -0.432. The van der Waals surface area contributed by atoms with Crippen molar-refractivity contribution in [3.05, 3.63) is 0 Å². The number of carbonyl (C=O) groups is 1. The highest BCUT2D eigenvalue weighted by Gasteiger charge is 2.32. The van der Waals surface area contributed by atoms with Crippen molar-refractivity contribution in [2.45, 2.75) is 31.9 Å². The molecule has 0 saturated carbocycles. The molecule has 2 aliphatic rings. The lowest BCUT2D eigenvalue weighted by Gasteiger charge is -2.26. The quantitative estimate of drug-likeness (QED) is 0.706. The Morgan fingerprint density at radius 2 is 2.12 bits per heavy atom. The van der Waals surface area contributed by atoms with Gasteiger partial charge in [0.25, 0.3) is 0 Å². The average Bonchev–Trinajstić information content (AvgIpc) is 2.59. The molecule has 5 nitrogen and oxygen atoms in total. The highest BCUT2D eigenvalue weighted by Crippen LogP contribution is 2.19. The maximum absolute atomic E-state index is 11.0. The molecule has 0 aliphatic carbocycles. The van der Waals surface area contributed by atoms with E-state index < -0.39 is 6.10 Å². The van der Waals surface area contributed by atoms with Crippen LogP contribution in [0.5, 0.6) is 0 Å². The molecule has 2 fully saturated rings. The van der Waals surface area contributed by atoms with Gasteiger partial charge in [0, 0.05) is 39.8 Å². The van der Waals surface area contributed by atoms with E-state index in [-0.39, 0.29) is 11.9 Å². The predicted octanol–water partition coefficient (Wildman–Crippen LogP) is -0.406. The van der Waals surface area contributed by atoms with Crippen LogP contribution >= 0.6 is 0 Å². The summed E-state index contributed by atoms with van der Waals surface area (Å²) in [7, 11) is 0. The van der Waals surface area contributed by atoms with Gasteiger partial charge in [0.15, 0.2) is 0 Å². The van der Waals surface area contributed by atoms with E-state index in [1.165, 1.54) is 6.92 Å².